The summed E-state index contributed by atoms with van der Waals surface area (Å²) in [6, 6.07) is 5.39. The molecule has 2 nitrogen and oxygen atoms in total. The SMILES string of the molecule is CC(O)(c1ccc(OC(F)(F)F)cc1)C1CC1. The molecule has 1 unspecified atom stereocenters. The summed E-state index contributed by atoms with van der Waals surface area (Å²) in [4.78, 5) is 0. The molecule has 1 N–H and O–H groups in total. The highest BCUT2D eigenvalue weighted by molar-refractivity contribution is 5.31. The van der Waals surface area contributed by atoms with Crippen LogP contribution in [0, 0.1) is 5.92 Å². The minimum Gasteiger partial charge on any atom is -0.406 e. The van der Waals surface area contributed by atoms with Crippen molar-refractivity contribution in [1.82, 2.24) is 0 Å². The Morgan fingerprint density at radius 3 is 2.12 bits per heavy atom. The van der Waals surface area contributed by atoms with Crippen LogP contribution in [-0.4, -0.2) is 11.5 Å². The van der Waals surface area contributed by atoms with Crippen molar-refractivity contribution in [3.63, 3.8) is 0 Å². The van der Waals surface area contributed by atoms with Gasteiger partial charge in [-0.05, 0) is 43.4 Å². The molecule has 0 aromatic heterocycles. The summed E-state index contributed by atoms with van der Waals surface area (Å²) in [5, 5.41) is 10.2. The zero-order chi connectivity index (χ0) is 12.7. The van der Waals surface area contributed by atoms with Crippen molar-refractivity contribution in [2.75, 3.05) is 0 Å². The van der Waals surface area contributed by atoms with Crippen LogP contribution in [0.25, 0.3) is 0 Å². The molecule has 17 heavy (non-hydrogen) atoms. The number of hydrogen-bond acceptors (Lipinski definition) is 2. The summed E-state index contributed by atoms with van der Waals surface area (Å²) in [7, 11) is 0. The Balaban J connectivity index is 2.12. The van der Waals surface area contributed by atoms with Crippen LogP contribution in [0.15, 0.2) is 24.3 Å². The van der Waals surface area contributed by atoms with Gasteiger partial charge in [0.05, 0.1) is 5.60 Å². The second-order valence-electron chi connectivity index (χ2n) is 4.49. The highest BCUT2D eigenvalue weighted by atomic mass is 19.4. The highest BCUT2D eigenvalue weighted by Gasteiger charge is 2.41. The van der Waals surface area contributed by atoms with Gasteiger partial charge in [0.1, 0.15) is 5.75 Å². The third kappa shape index (κ3) is 2.91. The van der Waals surface area contributed by atoms with Gasteiger partial charge in [-0.1, -0.05) is 12.1 Å². The van der Waals surface area contributed by atoms with E-state index in [4.69, 9.17) is 0 Å². The lowest BCUT2D eigenvalue weighted by molar-refractivity contribution is -0.274. The summed E-state index contributed by atoms with van der Waals surface area (Å²) >= 11 is 0. The van der Waals surface area contributed by atoms with Crippen LogP contribution < -0.4 is 4.74 Å². The molecule has 1 saturated carbocycles. The van der Waals surface area contributed by atoms with Crippen molar-refractivity contribution in [2.45, 2.75) is 31.7 Å². The van der Waals surface area contributed by atoms with Crippen molar-refractivity contribution in [3.8, 4) is 5.75 Å². The first-order valence-corrected chi connectivity index (χ1v) is 5.38. The van der Waals surface area contributed by atoms with Crippen LogP contribution in [-0.2, 0) is 5.60 Å². The minimum absolute atomic E-state index is 0.205. The second kappa shape index (κ2) is 3.91. The first kappa shape index (κ1) is 12.2. The standard InChI is InChI=1S/C12H13F3O2/c1-11(16,8-2-3-8)9-4-6-10(7-5-9)17-12(13,14)15/h4-8,16H,2-3H2,1H3. The van der Waals surface area contributed by atoms with E-state index >= 15 is 0 Å². The van der Waals surface area contributed by atoms with Gasteiger partial charge in [0.15, 0.2) is 0 Å². The molecule has 5 heteroatoms. The second-order valence-corrected chi connectivity index (χ2v) is 4.49. The molecule has 0 aliphatic heterocycles. The maximum absolute atomic E-state index is 11.9. The topological polar surface area (TPSA) is 29.5 Å². The molecule has 0 spiro atoms. The first-order chi connectivity index (χ1) is 7.79. The van der Waals surface area contributed by atoms with Gasteiger partial charge in [0, 0.05) is 0 Å². The molecule has 1 atom stereocenters. The van der Waals surface area contributed by atoms with E-state index < -0.39 is 12.0 Å². The Morgan fingerprint density at radius 2 is 1.71 bits per heavy atom. The van der Waals surface area contributed by atoms with E-state index in [9.17, 15) is 18.3 Å². The largest absolute Gasteiger partial charge is 0.573 e. The van der Waals surface area contributed by atoms with Crippen LogP contribution in [0.4, 0.5) is 13.2 Å². The van der Waals surface area contributed by atoms with E-state index in [1.54, 1.807) is 6.92 Å². The fourth-order valence-corrected chi connectivity index (χ4v) is 1.88. The minimum atomic E-state index is -4.68. The van der Waals surface area contributed by atoms with Crippen LogP contribution in [0.5, 0.6) is 5.75 Å². The van der Waals surface area contributed by atoms with Gasteiger partial charge in [-0.15, -0.1) is 13.2 Å². The van der Waals surface area contributed by atoms with Gasteiger partial charge in [-0.3, -0.25) is 0 Å². The van der Waals surface area contributed by atoms with Crippen molar-refractivity contribution >= 4 is 0 Å². The molecule has 94 valence electrons. The summed E-state index contributed by atoms with van der Waals surface area (Å²) in [5.41, 5.74) is -0.342. The smallest absolute Gasteiger partial charge is 0.406 e. The van der Waals surface area contributed by atoms with E-state index in [0.29, 0.717) is 5.56 Å². The number of rotatable bonds is 3. The summed E-state index contributed by atoms with van der Waals surface area (Å²) in [6.45, 7) is 1.68. The molecule has 0 radical (unpaired) electrons. The molecule has 1 aromatic rings. The molecular formula is C12H13F3O2. The van der Waals surface area contributed by atoms with E-state index in [1.165, 1.54) is 24.3 Å². The summed E-state index contributed by atoms with van der Waals surface area (Å²) < 4.78 is 39.6. The average Bonchev–Trinajstić information content (AvgIpc) is 2.98. The quantitative estimate of drug-likeness (QED) is 0.887. The number of hydrogen-bond donors (Lipinski definition) is 1. The molecule has 1 aromatic carbocycles. The van der Waals surface area contributed by atoms with E-state index in [2.05, 4.69) is 4.74 Å². The third-order valence-corrected chi connectivity index (χ3v) is 3.04. The number of halogens is 3. The van der Waals surface area contributed by atoms with Crippen molar-refractivity contribution < 1.29 is 23.0 Å². The first-order valence-electron chi connectivity index (χ1n) is 5.38. The Bertz CT molecular complexity index is 391. The van der Waals surface area contributed by atoms with E-state index in [-0.39, 0.29) is 11.7 Å². The molecule has 1 aliphatic rings. The molecule has 0 bridgehead atoms. The summed E-state index contributed by atoms with van der Waals surface area (Å²) in [5.74, 6) is -0.0651. The van der Waals surface area contributed by atoms with Crippen LogP contribution in [0.2, 0.25) is 0 Å². The molecule has 0 heterocycles. The van der Waals surface area contributed by atoms with Crippen LogP contribution in [0.3, 0.4) is 0 Å². The Morgan fingerprint density at radius 1 is 1.18 bits per heavy atom. The Hall–Kier alpha value is -1.23. The predicted octanol–water partition coefficient (Wildman–Crippen LogP) is 3.20. The fourth-order valence-electron chi connectivity index (χ4n) is 1.88. The van der Waals surface area contributed by atoms with Crippen LogP contribution >= 0.6 is 0 Å². The molecule has 1 fully saturated rings. The highest BCUT2D eigenvalue weighted by Crippen LogP contribution is 2.45. The maximum Gasteiger partial charge on any atom is 0.573 e. The number of alkyl halides is 3. The average molecular weight is 246 g/mol. The van der Waals surface area contributed by atoms with E-state index in [0.717, 1.165) is 12.8 Å². The van der Waals surface area contributed by atoms with Crippen molar-refractivity contribution in [3.05, 3.63) is 29.8 Å². The predicted molar refractivity (Wildman–Crippen MR) is 55.4 cm³/mol. The van der Waals surface area contributed by atoms with Crippen molar-refractivity contribution in [1.29, 1.82) is 0 Å². The third-order valence-electron chi connectivity index (χ3n) is 3.04. The zero-order valence-corrected chi connectivity index (χ0v) is 9.29. The maximum atomic E-state index is 11.9. The molecular weight excluding hydrogens is 233 g/mol. The number of benzene rings is 1. The van der Waals surface area contributed by atoms with Gasteiger partial charge in [0.25, 0.3) is 0 Å². The van der Waals surface area contributed by atoms with Crippen LogP contribution in [0.1, 0.15) is 25.3 Å². The lowest BCUT2D eigenvalue weighted by Gasteiger charge is -2.23. The van der Waals surface area contributed by atoms with E-state index in [1.807, 2.05) is 0 Å². The fraction of sp³-hybridized carbons (Fsp3) is 0.500. The molecule has 2 rings (SSSR count). The number of ether oxygens (including phenoxy) is 1. The Labute approximate surface area is 97.0 Å². The van der Waals surface area contributed by atoms with Gasteiger partial charge in [0.2, 0.25) is 0 Å². The lowest BCUT2D eigenvalue weighted by Crippen LogP contribution is -2.23. The number of aliphatic hydroxyl groups is 1. The van der Waals surface area contributed by atoms with Gasteiger partial charge >= 0.3 is 6.36 Å². The van der Waals surface area contributed by atoms with Gasteiger partial charge in [-0.25, -0.2) is 0 Å². The van der Waals surface area contributed by atoms with Crippen molar-refractivity contribution in [2.24, 2.45) is 5.92 Å². The molecule has 1 aliphatic carbocycles. The normalized spacial score (nSPS) is 19.8. The molecule has 0 amide bonds. The zero-order valence-electron chi connectivity index (χ0n) is 9.29. The van der Waals surface area contributed by atoms with Gasteiger partial charge in [-0.2, -0.15) is 0 Å². The monoisotopic (exact) mass is 246 g/mol. The van der Waals surface area contributed by atoms with Gasteiger partial charge < -0.3 is 9.84 Å². The molecule has 0 saturated heterocycles. The Kier molecular flexibility index (Phi) is 2.81. The summed E-state index contributed by atoms with van der Waals surface area (Å²) in [6.07, 6.45) is -2.78. The lowest BCUT2D eigenvalue weighted by atomic mass is 9.91.